The molecule has 3 rings (SSSR count). The van der Waals surface area contributed by atoms with Gasteiger partial charge in [0.15, 0.2) is 4.67 Å². The third-order valence-electron chi connectivity index (χ3n) is 3.60. The van der Waals surface area contributed by atoms with E-state index in [-0.39, 0.29) is 15.6 Å². The Morgan fingerprint density at radius 1 is 1.03 bits per heavy atom. The highest BCUT2D eigenvalue weighted by Gasteiger charge is 2.17. The van der Waals surface area contributed by atoms with Crippen LogP contribution < -0.4 is 10.0 Å². The summed E-state index contributed by atoms with van der Waals surface area (Å²) in [7, 11) is -3.89. The van der Waals surface area contributed by atoms with Crippen molar-refractivity contribution in [3.05, 3.63) is 81.1 Å². The van der Waals surface area contributed by atoms with Gasteiger partial charge in [0.2, 0.25) is 5.91 Å². The molecule has 0 unspecified atom stereocenters. The van der Waals surface area contributed by atoms with Gasteiger partial charge in [0, 0.05) is 16.8 Å². The molecule has 0 atom stereocenters. The summed E-state index contributed by atoms with van der Waals surface area (Å²) in [6.07, 6.45) is 2.71. The Kier molecular flexibility index (Phi) is 6.69. The van der Waals surface area contributed by atoms with Gasteiger partial charge in [-0.1, -0.05) is 23.2 Å². The predicted molar refractivity (Wildman–Crippen MR) is 118 cm³/mol. The van der Waals surface area contributed by atoms with Crippen LogP contribution in [0.2, 0.25) is 10.0 Å². The van der Waals surface area contributed by atoms with Gasteiger partial charge in [-0.05, 0) is 76.6 Å². The van der Waals surface area contributed by atoms with Crippen LogP contribution in [0.1, 0.15) is 5.76 Å². The van der Waals surface area contributed by atoms with E-state index in [0.717, 1.165) is 0 Å². The standard InChI is InChI=1S/C19H13BrCl2N2O4S/c20-18-9-5-14(28-18)6-10-19(25)23-17-11-15(7-8-16(17)22)29(26,27)24-13-3-1-12(21)2-4-13/h1-11,24H,(H,23,25). The first-order valence-electron chi connectivity index (χ1n) is 8.05. The molecule has 0 radical (unpaired) electrons. The Balaban J connectivity index is 1.77. The molecular weight excluding hydrogens is 503 g/mol. The Morgan fingerprint density at radius 3 is 2.41 bits per heavy atom. The van der Waals surface area contributed by atoms with E-state index in [4.69, 9.17) is 27.6 Å². The number of halogens is 3. The maximum Gasteiger partial charge on any atom is 0.261 e. The number of hydrogen-bond donors (Lipinski definition) is 2. The van der Waals surface area contributed by atoms with E-state index in [1.807, 2.05) is 0 Å². The van der Waals surface area contributed by atoms with Crippen LogP contribution in [-0.2, 0) is 14.8 Å². The molecule has 1 aromatic heterocycles. The zero-order chi connectivity index (χ0) is 21.0. The van der Waals surface area contributed by atoms with Crippen molar-refractivity contribution in [1.29, 1.82) is 0 Å². The Labute approximate surface area is 185 Å². The van der Waals surface area contributed by atoms with Gasteiger partial charge < -0.3 is 9.73 Å². The fraction of sp³-hybridized carbons (Fsp3) is 0. The molecule has 0 fully saturated rings. The smallest absolute Gasteiger partial charge is 0.261 e. The van der Waals surface area contributed by atoms with Crippen molar-refractivity contribution in [3.63, 3.8) is 0 Å². The minimum Gasteiger partial charge on any atom is -0.450 e. The number of amides is 1. The zero-order valence-corrected chi connectivity index (χ0v) is 18.4. The molecule has 3 aromatic rings. The summed E-state index contributed by atoms with van der Waals surface area (Å²) in [4.78, 5) is 12.1. The monoisotopic (exact) mass is 514 g/mol. The van der Waals surface area contributed by atoms with Gasteiger partial charge in [-0.3, -0.25) is 9.52 Å². The van der Waals surface area contributed by atoms with E-state index in [1.54, 1.807) is 24.3 Å². The minimum absolute atomic E-state index is 0.0638. The van der Waals surface area contributed by atoms with Gasteiger partial charge in [0.1, 0.15) is 5.76 Å². The number of anilines is 2. The molecule has 1 amide bonds. The molecule has 1 heterocycles. The predicted octanol–water partition coefficient (Wildman–Crippen LogP) is 5.80. The topological polar surface area (TPSA) is 88.4 Å². The first kappa shape index (κ1) is 21.4. The van der Waals surface area contributed by atoms with Crippen molar-refractivity contribution in [1.82, 2.24) is 0 Å². The van der Waals surface area contributed by atoms with Crippen LogP contribution in [0, 0.1) is 0 Å². The molecule has 10 heteroatoms. The highest BCUT2D eigenvalue weighted by atomic mass is 79.9. The number of sulfonamides is 1. The second kappa shape index (κ2) is 9.04. The maximum absolute atomic E-state index is 12.6. The van der Waals surface area contributed by atoms with E-state index < -0.39 is 15.9 Å². The average Bonchev–Trinajstić information content (AvgIpc) is 3.09. The molecule has 0 saturated heterocycles. The van der Waals surface area contributed by atoms with Crippen LogP contribution in [0.25, 0.3) is 6.08 Å². The van der Waals surface area contributed by atoms with Crippen LogP contribution >= 0.6 is 39.1 Å². The lowest BCUT2D eigenvalue weighted by Gasteiger charge is -2.11. The lowest BCUT2D eigenvalue weighted by molar-refractivity contribution is -0.111. The second-order valence-corrected chi connectivity index (χ2v) is 9.03. The maximum atomic E-state index is 12.6. The highest BCUT2D eigenvalue weighted by molar-refractivity contribution is 9.10. The number of rotatable bonds is 6. The summed E-state index contributed by atoms with van der Waals surface area (Å²) in [5.74, 6) is -0.0266. The van der Waals surface area contributed by atoms with Crippen molar-refractivity contribution in [2.45, 2.75) is 4.90 Å². The Morgan fingerprint density at radius 2 is 1.76 bits per heavy atom. The number of benzene rings is 2. The Hall–Kier alpha value is -2.26. The van der Waals surface area contributed by atoms with E-state index >= 15 is 0 Å². The summed E-state index contributed by atoms with van der Waals surface area (Å²) < 4.78 is 33.5. The molecule has 0 saturated carbocycles. The molecule has 29 heavy (non-hydrogen) atoms. The van der Waals surface area contributed by atoms with Crippen LogP contribution in [0.3, 0.4) is 0 Å². The van der Waals surface area contributed by atoms with Crippen molar-refractivity contribution in [2.75, 3.05) is 10.0 Å². The largest absolute Gasteiger partial charge is 0.450 e. The van der Waals surface area contributed by atoms with Crippen molar-refractivity contribution < 1.29 is 17.6 Å². The summed E-state index contributed by atoms with van der Waals surface area (Å²) in [5.41, 5.74) is 0.503. The van der Waals surface area contributed by atoms with Gasteiger partial charge in [0.25, 0.3) is 10.0 Å². The molecule has 0 bridgehead atoms. The van der Waals surface area contributed by atoms with E-state index in [2.05, 4.69) is 26.0 Å². The van der Waals surface area contributed by atoms with E-state index in [0.29, 0.717) is 21.1 Å². The lowest BCUT2D eigenvalue weighted by Crippen LogP contribution is -2.14. The normalized spacial score (nSPS) is 11.6. The van der Waals surface area contributed by atoms with Crippen molar-refractivity contribution in [2.24, 2.45) is 0 Å². The summed E-state index contributed by atoms with van der Waals surface area (Å²) >= 11 is 15.1. The molecule has 150 valence electrons. The van der Waals surface area contributed by atoms with Gasteiger partial charge in [-0.2, -0.15) is 0 Å². The first-order valence-corrected chi connectivity index (χ1v) is 11.1. The molecule has 0 aliphatic heterocycles. The number of nitrogens with one attached hydrogen (secondary N) is 2. The van der Waals surface area contributed by atoms with E-state index in [9.17, 15) is 13.2 Å². The number of furan rings is 1. The number of carbonyl (C=O) groups excluding carboxylic acids is 1. The van der Waals surface area contributed by atoms with Crippen LogP contribution in [0.15, 0.2) is 74.7 Å². The molecule has 0 spiro atoms. The Bertz CT molecular complexity index is 1180. The second-order valence-electron chi connectivity index (χ2n) is 5.72. The van der Waals surface area contributed by atoms with Gasteiger partial charge in [-0.25, -0.2) is 8.42 Å². The first-order chi connectivity index (χ1) is 13.7. The number of hydrogen-bond acceptors (Lipinski definition) is 4. The lowest BCUT2D eigenvalue weighted by atomic mass is 10.3. The third-order valence-corrected chi connectivity index (χ3v) is 5.98. The van der Waals surface area contributed by atoms with Crippen molar-refractivity contribution in [3.8, 4) is 0 Å². The van der Waals surface area contributed by atoms with Crippen molar-refractivity contribution >= 4 is 72.5 Å². The zero-order valence-electron chi connectivity index (χ0n) is 14.5. The fourth-order valence-electron chi connectivity index (χ4n) is 2.25. The quantitative estimate of drug-likeness (QED) is 0.406. The molecule has 6 nitrogen and oxygen atoms in total. The summed E-state index contributed by atoms with van der Waals surface area (Å²) in [5, 5.41) is 3.23. The molecule has 0 aliphatic carbocycles. The summed E-state index contributed by atoms with van der Waals surface area (Å²) in [6, 6.07) is 13.6. The third kappa shape index (κ3) is 5.86. The fourth-order valence-corrected chi connectivity index (χ4v) is 3.94. The van der Waals surface area contributed by atoms with Gasteiger partial charge >= 0.3 is 0 Å². The molecule has 2 aromatic carbocycles. The molecule has 2 N–H and O–H groups in total. The van der Waals surface area contributed by atoms with Crippen LogP contribution in [0.5, 0.6) is 0 Å². The molecule has 0 aliphatic rings. The van der Waals surface area contributed by atoms with Gasteiger partial charge in [0.05, 0.1) is 15.6 Å². The summed E-state index contributed by atoms with van der Waals surface area (Å²) in [6.45, 7) is 0. The average molecular weight is 516 g/mol. The molecular formula is C19H13BrCl2N2O4S. The number of carbonyl (C=O) groups is 1. The highest BCUT2D eigenvalue weighted by Crippen LogP contribution is 2.27. The van der Waals surface area contributed by atoms with E-state index in [1.165, 1.54) is 42.5 Å². The SMILES string of the molecule is O=C(C=Cc1ccc(Br)o1)Nc1cc(S(=O)(=O)Nc2ccc(Cl)cc2)ccc1Cl. The minimum atomic E-state index is -3.89. The van der Waals surface area contributed by atoms with Crippen LogP contribution in [-0.4, -0.2) is 14.3 Å². The van der Waals surface area contributed by atoms with Crippen LogP contribution in [0.4, 0.5) is 11.4 Å². The van der Waals surface area contributed by atoms with Gasteiger partial charge in [-0.15, -0.1) is 0 Å².